The molecule has 0 unspecified atom stereocenters. The van der Waals surface area contributed by atoms with Crippen LogP contribution in [0.4, 0.5) is 0 Å². The van der Waals surface area contributed by atoms with Crippen LogP contribution in [0.5, 0.6) is 0 Å². The van der Waals surface area contributed by atoms with Crippen LogP contribution in [-0.2, 0) is 16.1 Å². The number of amides is 3. The van der Waals surface area contributed by atoms with Gasteiger partial charge in [0.2, 0.25) is 0 Å². The molecular weight excluding hydrogens is 376 g/mol. The summed E-state index contributed by atoms with van der Waals surface area (Å²) in [6, 6.07) is 15.9. The number of carbonyl (C=O) groups is 3. The summed E-state index contributed by atoms with van der Waals surface area (Å²) in [6.45, 7) is 0.106. The number of hydrogen-bond acceptors (Lipinski definition) is 3. The molecule has 1 heterocycles. The fourth-order valence-electron chi connectivity index (χ4n) is 3.78. The quantitative estimate of drug-likeness (QED) is 0.584. The lowest BCUT2D eigenvalue weighted by molar-refractivity contribution is -0.155. The van der Waals surface area contributed by atoms with Crippen LogP contribution < -0.4 is 0 Å². The Kier molecular flexibility index (Phi) is 5.01. The van der Waals surface area contributed by atoms with Crippen LogP contribution in [0, 0.1) is 11.8 Å². The van der Waals surface area contributed by atoms with E-state index in [1.54, 1.807) is 24.3 Å². The summed E-state index contributed by atoms with van der Waals surface area (Å²) in [4.78, 5) is 39.4. The van der Waals surface area contributed by atoms with Gasteiger partial charge in [-0.1, -0.05) is 66.2 Å². The van der Waals surface area contributed by atoms with E-state index in [4.69, 9.17) is 11.6 Å². The van der Waals surface area contributed by atoms with Crippen LogP contribution >= 0.6 is 11.6 Å². The fourth-order valence-corrected chi connectivity index (χ4v) is 4.00. The van der Waals surface area contributed by atoms with Gasteiger partial charge in [0.15, 0.2) is 0 Å². The van der Waals surface area contributed by atoms with E-state index in [2.05, 4.69) is 0 Å². The van der Waals surface area contributed by atoms with Crippen LogP contribution in [0.3, 0.4) is 0 Å². The highest BCUT2D eigenvalue weighted by atomic mass is 35.5. The summed E-state index contributed by atoms with van der Waals surface area (Å²) in [5.74, 6) is -1.93. The van der Waals surface area contributed by atoms with Gasteiger partial charge in [0.1, 0.15) is 0 Å². The molecule has 1 saturated heterocycles. The number of allylic oxidation sites excluding steroid dienone is 2. The summed E-state index contributed by atoms with van der Waals surface area (Å²) >= 11 is 6.22. The van der Waals surface area contributed by atoms with Gasteiger partial charge in [-0.25, -0.2) is 5.01 Å². The van der Waals surface area contributed by atoms with Crippen LogP contribution in [0.25, 0.3) is 0 Å². The third-order valence-corrected chi connectivity index (χ3v) is 5.57. The molecule has 0 saturated carbocycles. The van der Waals surface area contributed by atoms with Crippen molar-refractivity contribution in [3.05, 3.63) is 82.9 Å². The van der Waals surface area contributed by atoms with Crippen LogP contribution in [-0.4, -0.2) is 27.7 Å². The molecule has 0 N–H and O–H groups in total. The van der Waals surface area contributed by atoms with Gasteiger partial charge >= 0.3 is 0 Å². The molecule has 1 fully saturated rings. The molecule has 4 rings (SSSR count). The van der Waals surface area contributed by atoms with Gasteiger partial charge < -0.3 is 0 Å². The van der Waals surface area contributed by atoms with Crippen LogP contribution in [0.15, 0.2) is 66.7 Å². The maximum atomic E-state index is 13.3. The number of benzene rings is 2. The average molecular weight is 395 g/mol. The van der Waals surface area contributed by atoms with Gasteiger partial charge in [0, 0.05) is 0 Å². The second-order valence-electron chi connectivity index (χ2n) is 6.97. The Morgan fingerprint density at radius 1 is 0.929 bits per heavy atom. The van der Waals surface area contributed by atoms with Crippen molar-refractivity contribution < 1.29 is 14.4 Å². The van der Waals surface area contributed by atoms with Crippen molar-refractivity contribution in [1.82, 2.24) is 10.0 Å². The fraction of sp³-hybridized carbons (Fsp3) is 0.227. The molecule has 6 heteroatoms. The monoisotopic (exact) mass is 394 g/mol. The molecular formula is C22H19ClN2O3. The van der Waals surface area contributed by atoms with Crippen molar-refractivity contribution in [3.8, 4) is 0 Å². The molecule has 5 nitrogen and oxygen atoms in total. The minimum atomic E-state index is -0.470. The predicted octanol–water partition coefficient (Wildman–Crippen LogP) is 3.85. The molecule has 28 heavy (non-hydrogen) atoms. The molecule has 1 aliphatic heterocycles. The van der Waals surface area contributed by atoms with E-state index >= 15 is 0 Å². The Bertz CT molecular complexity index is 931. The lowest BCUT2D eigenvalue weighted by Crippen LogP contribution is -2.49. The van der Waals surface area contributed by atoms with Gasteiger partial charge in [-0.3, -0.25) is 14.4 Å². The molecule has 1 aliphatic carbocycles. The summed E-state index contributed by atoms with van der Waals surface area (Å²) in [5.41, 5.74) is 1.07. The highest BCUT2D eigenvalue weighted by Gasteiger charge is 2.50. The minimum Gasteiger partial charge on any atom is -0.272 e. The zero-order valence-corrected chi connectivity index (χ0v) is 15.9. The van der Waals surface area contributed by atoms with E-state index in [1.807, 2.05) is 42.5 Å². The Labute approximate surface area is 168 Å². The lowest BCUT2D eigenvalue weighted by atomic mass is 9.85. The van der Waals surface area contributed by atoms with Gasteiger partial charge in [0.25, 0.3) is 17.7 Å². The number of rotatable bonds is 4. The largest absolute Gasteiger partial charge is 0.274 e. The van der Waals surface area contributed by atoms with E-state index in [0.29, 0.717) is 12.8 Å². The van der Waals surface area contributed by atoms with Crippen molar-refractivity contribution >= 4 is 29.3 Å². The highest BCUT2D eigenvalue weighted by Crippen LogP contribution is 2.37. The number of halogens is 1. The second kappa shape index (κ2) is 7.60. The molecule has 2 aliphatic rings. The maximum Gasteiger partial charge on any atom is 0.274 e. The van der Waals surface area contributed by atoms with Gasteiger partial charge in [-0.15, -0.1) is 0 Å². The van der Waals surface area contributed by atoms with Crippen molar-refractivity contribution in [2.45, 2.75) is 19.4 Å². The molecule has 0 aromatic heterocycles. The van der Waals surface area contributed by atoms with E-state index in [9.17, 15) is 14.4 Å². The van der Waals surface area contributed by atoms with E-state index < -0.39 is 17.7 Å². The molecule has 0 spiro atoms. The normalized spacial score (nSPS) is 21.0. The standard InChI is InChI=1S/C22H19ClN2O3/c23-19-13-7-6-12-18(19)20(26)24(14-15-8-2-1-3-9-15)25-21(27)16-10-4-5-11-17(16)22(25)28/h1-9,12-13,16-17H,10-11,14H2/t16-,17-/m1/s1. The van der Waals surface area contributed by atoms with E-state index in [1.165, 1.54) is 5.01 Å². The van der Waals surface area contributed by atoms with Gasteiger partial charge in [-0.05, 0) is 30.5 Å². The smallest absolute Gasteiger partial charge is 0.272 e. The number of carbonyl (C=O) groups excluding carboxylic acids is 3. The zero-order chi connectivity index (χ0) is 19.7. The van der Waals surface area contributed by atoms with Crippen molar-refractivity contribution in [2.75, 3.05) is 0 Å². The van der Waals surface area contributed by atoms with Crippen molar-refractivity contribution in [2.24, 2.45) is 11.8 Å². The number of nitrogens with zero attached hydrogens (tertiary/aromatic N) is 2. The molecule has 2 atom stereocenters. The van der Waals surface area contributed by atoms with Gasteiger partial charge in [0.05, 0.1) is 29.0 Å². The van der Waals surface area contributed by atoms with E-state index in [-0.39, 0.29) is 28.9 Å². The number of hydrazine groups is 1. The first-order chi connectivity index (χ1) is 13.6. The SMILES string of the molecule is O=C(c1ccccc1Cl)N(Cc1ccccc1)N1C(=O)[C@@H]2CC=CC[C@H]2C1=O. The third kappa shape index (κ3) is 3.22. The Balaban J connectivity index is 1.73. The van der Waals surface area contributed by atoms with Crippen molar-refractivity contribution in [3.63, 3.8) is 0 Å². The molecule has 142 valence electrons. The molecule has 2 aromatic carbocycles. The molecule has 2 aromatic rings. The lowest BCUT2D eigenvalue weighted by Gasteiger charge is -2.31. The van der Waals surface area contributed by atoms with Gasteiger partial charge in [-0.2, -0.15) is 5.01 Å². The Hall–Kier alpha value is -2.92. The zero-order valence-electron chi connectivity index (χ0n) is 15.1. The number of hydrogen-bond donors (Lipinski definition) is 0. The highest BCUT2D eigenvalue weighted by molar-refractivity contribution is 6.33. The summed E-state index contributed by atoms with van der Waals surface area (Å²) in [7, 11) is 0. The predicted molar refractivity (Wildman–Crippen MR) is 105 cm³/mol. The van der Waals surface area contributed by atoms with Crippen molar-refractivity contribution in [1.29, 1.82) is 0 Å². The molecule has 0 bridgehead atoms. The topological polar surface area (TPSA) is 57.7 Å². The summed E-state index contributed by atoms with van der Waals surface area (Å²) in [6.07, 6.45) is 4.89. The third-order valence-electron chi connectivity index (χ3n) is 5.24. The summed E-state index contributed by atoms with van der Waals surface area (Å²) in [5, 5.41) is 2.56. The first-order valence-corrected chi connectivity index (χ1v) is 9.58. The Morgan fingerprint density at radius 3 is 2.11 bits per heavy atom. The summed E-state index contributed by atoms with van der Waals surface area (Å²) < 4.78 is 0. The van der Waals surface area contributed by atoms with Crippen LogP contribution in [0.1, 0.15) is 28.8 Å². The number of fused-ring (bicyclic) bond motifs is 1. The minimum absolute atomic E-state index is 0.106. The second-order valence-corrected chi connectivity index (χ2v) is 7.38. The average Bonchev–Trinajstić information content (AvgIpc) is 2.98. The molecule has 3 amide bonds. The first kappa shape index (κ1) is 18.4. The van der Waals surface area contributed by atoms with E-state index in [0.717, 1.165) is 10.6 Å². The number of imide groups is 1. The first-order valence-electron chi connectivity index (χ1n) is 9.21. The maximum absolute atomic E-state index is 13.3. The Morgan fingerprint density at radius 2 is 1.50 bits per heavy atom. The molecule has 0 radical (unpaired) electrons. The van der Waals surface area contributed by atoms with Crippen LogP contribution in [0.2, 0.25) is 5.02 Å².